The third-order valence-electron chi connectivity index (χ3n) is 7.72. The van der Waals surface area contributed by atoms with Crippen LogP contribution in [0.3, 0.4) is 0 Å². The largest absolute Gasteiger partial charge is 0.493 e. The van der Waals surface area contributed by atoms with Crippen molar-refractivity contribution in [3.05, 3.63) is 77.4 Å². The van der Waals surface area contributed by atoms with Gasteiger partial charge < -0.3 is 24.3 Å². The fourth-order valence-electron chi connectivity index (χ4n) is 5.03. The Morgan fingerprint density at radius 1 is 0.841 bits per heavy atom. The van der Waals surface area contributed by atoms with Crippen molar-refractivity contribution in [1.82, 2.24) is 5.32 Å². The van der Waals surface area contributed by atoms with E-state index in [4.69, 9.17) is 23.1 Å². The number of hydrogen-bond donors (Lipinski definition) is 1. The van der Waals surface area contributed by atoms with Gasteiger partial charge in [-0.3, -0.25) is 4.18 Å². The van der Waals surface area contributed by atoms with E-state index in [1.807, 2.05) is 43.3 Å². The molecule has 0 saturated heterocycles. The highest BCUT2D eigenvalue weighted by Gasteiger charge is 2.36. The van der Waals surface area contributed by atoms with Crippen LogP contribution < -0.4 is 24.3 Å². The molecule has 0 aliphatic rings. The van der Waals surface area contributed by atoms with Crippen LogP contribution in [-0.2, 0) is 26.1 Å². The number of nitrogens with zero attached hydrogens (tertiary/aromatic N) is 1. The van der Waals surface area contributed by atoms with Crippen LogP contribution in [0.5, 0.6) is 23.0 Å². The Balaban J connectivity index is 1.47. The van der Waals surface area contributed by atoms with Crippen LogP contribution in [0.2, 0.25) is 0 Å². The minimum Gasteiger partial charge on any atom is -0.493 e. The molecule has 0 spiro atoms. The van der Waals surface area contributed by atoms with E-state index in [9.17, 15) is 13.7 Å². The number of nitriles is 1. The lowest BCUT2D eigenvalue weighted by atomic mass is 9.70. The van der Waals surface area contributed by atoms with Crippen molar-refractivity contribution < 1.29 is 31.5 Å². The zero-order chi connectivity index (χ0) is 32.2. The summed E-state index contributed by atoms with van der Waals surface area (Å²) in [6.07, 6.45) is 2.31. The number of hydrogen-bond acceptors (Lipinski definition) is 9. The molecule has 1 N–H and O–H groups in total. The molecule has 0 radical (unpaired) electrons. The molecule has 0 aromatic heterocycles. The first-order chi connectivity index (χ1) is 21.1. The molecule has 0 heterocycles. The number of aryl methyl sites for hydroxylation is 1. The van der Waals surface area contributed by atoms with Crippen molar-refractivity contribution in [3.63, 3.8) is 0 Å². The fourth-order valence-corrected chi connectivity index (χ4v) is 5.93. The number of nitrogens with one attached hydrogen (secondary N) is 1. The SMILES string of the molecule is COc1ccc([C@](C#N)(CCCNCCc2ccc(OCCOS(=O)(=O)c3ccc(C)cc3)c(OC)c2)C(C)C)cc1OC. The number of methoxy groups -OCH3 is 3. The van der Waals surface area contributed by atoms with Crippen LogP contribution in [-0.4, -0.2) is 56.1 Å². The third-order valence-corrected chi connectivity index (χ3v) is 9.04. The standard InChI is InChI=1S/C34H44N2O7S/c1-25(2)34(24-35,28-11-15-30(39-4)33(23-28)41-6)17-7-18-36-19-16-27-10-14-31(32(22-27)40-5)42-20-21-43-44(37,38)29-12-8-26(3)9-13-29/h8-15,22-23,25,36H,7,16-21H2,1-6H3/t34-/m0/s1. The first kappa shape index (κ1) is 34.7. The molecule has 0 aliphatic carbocycles. The van der Waals surface area contributed by atoms with Gasteiger partial charge in [-0.2, -0.15) is 13.7 Å². The molecule has 9 nitrogen and oxygen atoms in total. The van der Waals surface area contributed by atoms with Gasteiger partial charge in [-0.1, -0.05) is 43.7 Å². The highest BCUT2D eigenvalue weighted by Crippen LogP contribution is 2.40. The van der Waals surface area contributed by atoms with E-state index >= 15 is 0 Å². The maximum Gasteiger partial charge on any atom is 0.297 e. The molecule has 0 aliphatic heterocycles. The van der Waals surface area contributed by atoms with Crippen LogP contribution in [0, 0.1) is 24.2 Å². The minimum absolute atomic E-state index is 0.0478. The topological polar surface area (TPSA) is 116 Å². The molecule has 0 unspecified atom stereocenters. The Morgan fingerprint density at radius 3 is 2.14 bits per heavy atom. The quantitative estimate of drug-likeness (QED) is 0.138. The van der Waals surface area contributed by atoms with Gasteiger partial charge >= 0.3 is 0 Å². The second kappa shape index (κ2) is 16.3. The van der Waals surface area contributed by atoms with Gasteiger partial charge in [0.1, 0.15) is 13.2 Å². The summed E-state index contributed by atoms with van der Waals surface area (Å²) in [7, 11) is 0.918. The van der Waals surface area contributed by atoms with Gasteiger partial charge in [0, 0.05) is 0 Å². The van der Waals surface area contributed by atoms with E-state index in [0.29, 0.717) is 29.4 Å². The van der Waals surface area contributed by atoms with E-state index < -0.39 is 15.5 Å². The third kappa shape index (κ3) is 8.88. The number of ether oxygens (including phenoxy) is 4. The van der Waals surface area contributed by atoms with Crippen molar-refractivity contribution in [1.29, 1.82) is 5.26 Å². The molecular weight excluding hydrogens is 580 g/mol. The fraction of sp³-hybridized carbons (Fsp3) is 0.441. The zero-order valence-electron chi connectivity index (χ0n) is 26.5. The van der Waals surface area contributed by atoms with Gasteiger partial charge in [-0.25, -0.2) is 0 Å². The van der Waals surface area contributed by atoms with Gasteiger partial charge in [0.05, 0.1) is 37.7 Å². The average Bonchev–Trinajstić information content (AvgIpc) is 3.03. The molecule has 238 valence electrons. The van der Waals surface area contributed by atoms with Gasteiger partial charge in [0.15, 0.2) is 23.0 Å². The van der Waals surface area contributed by atoms with Crippen molar-refractivity contribution in [3.8, 4) is 29.1 Å². The van der Waals surface area contributed by atoms with Gasteiger partial charge in [0.2, 0.25) is 0 Å². The molecule has 44 heavy (non-hydrogen) atoms. The second-order valence-corrected chi connectivity index (χ2v) is 12.4. The molecule has 3 aromatic carbocycles. The highest BCUT2D eigenvalue weighted by molar-refractivity contribution is 7.86. The van der Waals surface area contributed by atoms with E-state index in [1.54, 1.807) is 33.5 Å². The summed E-state index contributed by atoms with van der Waals surface area (Å²) in [6.45, 7) is 7.49. The summed E-state index contributed by atoms with van der Waals surface area (Å²) in [5.41, 5.74) is 2.33. The maximum atomic E-state index is 12.4. The van der Waals surface area contributed by atoms with Gasteiger partial charge in [-0.15, -0.1) is 0 Å². The van der Waals surface area contributed by atoms with E-state index in [-0.39, 0.29) is 24.0 Å². The summed E-state index contributed by atoms with van der Waals surface area (Å²) in [4.78, 5) is 0.112. The van der Waals surface area contributed by atoms with E-state index in [0.717, 1.165) is 42.6 Å². The van der Waals surface area contributed by atoms with E-state index in [2.05, 4.69) is 25.2 Å². The molecule has 0 fully saturated rings. The van der Waals surface area contributed by atoms with Crippen LogP contribution in [0.1, 0.15) is 43.4 Å². The molecule has 3 rings (SSSR count). The summed E-state index contributed by atoms with van der Waals surface area (Å²) < 4.78 is 51.9. The van der Waals surface area contributed by atoms with Gasteiger partial charge in [-0.05, 0) is 92.7 Å². The molecule has 0 amide bonds. The molecule has 3 aromatic rings. The summed E-state index contributed by atoms with van der Waals surface area (Å²) in [5, 5.41) is 13.8. The lowest BCUT2D eigenvalue weighted by Gasteiger charge is -2.32. The maximum absolute atomic E-state index is 12.4. The monoisotopic (exact) mass is 624 g/mol. The Kier molecular flexibility index (Phi) is 12.9. The van der Waals surface area contributed by atoms with Crippen molar-refractivity contribution in [2.45, 2.75) is 50.3 Å². The predicted octanol–water partition coefficient (Wildman–Crippen LogP) is 5.84. The second-order valence-electron chi connectivity index (χ2n) is 10.8. The Hall–Kier alpha value is -3.78. The molecule has 0 bridgehead atoms. The minimum atomic E-state index is -3.85. The first-order valence-electron chi connectivity index (χ1n) is 14.7. The van der Waals surface area contributed by atoms with Crippen molar-refractivity contribution >= 4 is 10.1 Å². The van der Waals surface area contributed by atoms with Crippen molar-refractivity contribution in [2.24, 2.45) is 5.92 Å². The molecule has 10 heteroatoms. The normalized spacial score (nSPS) is 12.8. The van der Waals surface area contributed by atoms with Crippen LogP contribution in [0.4, 0.5) is 0 Å². The van der Waals surface area contributed by atoms with Gasteiger partial charge in [0.25, 0.3) is 10.1 Å². The van der Waals surface area contributed by atoms with Crippen molar-refractivity contribution in [2.75, 3.05) is 47.6 Å². The number of benzene rings is 3. The predicted molar refractivity (Wildman–Crippen MR) is 170 cm³/mol. The van der Waals surface area contributed by atoms with Crippen LogP contribution in [0.15, 0.2) is 65.6 Å². The number of rotatable bonds is 18. The van der Waals surface area contributed by atoms with Crippen LogP contribution >= 0.6 is 0 Å². The Bertz CT molecular complexity index is 1500. The highest BCUT2D eigenvalue weighted by atomic mass is 32.2. The summed E-state index contributed by atoms with van der Waals surface area (Å²) in [5.74, 6) is 2.45. The summed E-state index contributed by atoms with van der Waals surface area (Å²) >= 11 is 0. The smallest absolute Gasteiger partial charge is 0.297 e. The zero-order valence-corrected chi connectivity index (χ0v) is 27.3. The molecule has 1 atom stereocenters. The van der Waals surface area contributed by atoms with E-state index in [1.165, 1.54) is 12.1 Å². The van der Waals surface area contributed by atoms with Crippen LogP contribution in [0.25, 0.3) is 0 Å². The Labute approximate surface area is 262 Å². The first-order valence-corrected chi connectivity index (χ1v) is 16.1. The lowest BCUT2D eigenvalue weighted by molar-refractivity contribution is 0.215. The Morgan fingerprint density at radius 2 is 1.50 bits per heavy atom. The lowest BCUT2D eigenvalue weighted by Crippen LogP contribution is -2.32. The average molecular weight is 625 g/mol. The molecule has 0 saturated carbocycles. The summed E-state index contributed by atoms with van der Waals surface area (Å²) in [6, 6.07) is 20.5. The molecular formula is C34H44N2O7S.